The maximum Gasteiger partial charge on any atom is 0.257 e. The molecule has 0 radical (unpaired) electrons. The summed E-state index contributed by atoms with van der Waals surface area (Å²) in [4.78, 5) is 17.8. The molecule has 4 rings (SSSR count). The van der Waals surface area contributed by atoms with Crippen molar-refractivity contribution in [2.45, 2.75) is 6.92 Å². The Bertz CT molecular complexity index is 1310. The number of hydrogen-bond donors (Lipinski definition) is 1. The molecule has 0 saturated carbocycles. The van der Waals surface area contributed by atoms with E-state index in [-0.39, 0.29) is 5.91 Å². The molecule has 1 amide bonds. The molecule has 1 N–H and O–H groups in total. The summed E-state index contributed by atoms with van der Waals surface area (Å²) in [7, 11) is 6.13. The highest BCUT2D eigenvalue weighted by Crippen LogP contribution is 2.38. The van der Waals surface area contributed by atoms with Crippen molar-refractivity contribution in [2.75, 3.05) is 33.8 Å². The Morgan fingerprint density at radius 2 is 1.71 bits per heavy atom. The van der Waals surface area contributed by atoms with E-state index in [0.717, 1.165) is 22.7 Å². The molecule has 0 saturated heterocycles. The average Bonchev–Trinajstić information content (AvgIpc) is 3.49. The van der Waals surface area contributed by atoms with E-state index in [2.05, 4.69) is 10.4 Å². The fraction of sp³-hybridized carbons (Fsp3) is 0.208. The molecule has 0 bridgehead atoms. The smallest absolute Gasteiger partial charge is 0.257 e. The predicted octanol–water partition coefficient (Wildman–Crippen LogP) is 4.59. The van der Waals surface area contributed by atoms with Gasteiger partial charge in [-0.1, -0.05) is 12.1 Å². The second-order valence-electron chi connectivity index (χ2n) is 7.20. The molecule has 10 heteroatoms. The number of benzene rings is 2. The molecule has 0 spiro atoms. The topological polar surface area (TPSA) is 96.7 Å². The van der Waals surface area contributed by atoms with Crippen molar-refractivity contribution < 1.29 is 23.7 Å². The molecule has 0 fully saturated rings. The third kappa shape index (κ3) is 4.53. The van der Waals surface area contributed by atoms with E-state index in [0.29, 0.717) is 33.8 Å². The Morgan fingerprint density at radius 1 is 0.971 bits per heavy atom. The minimum absolute atomic E-state index is 0.344. The van der Waals surface area contributed by atoms with Crippen molar-refractivity contribution in [3.63, 3.8) is 0 Å². The maximum absolute atomic E-state index is 13.1. The van der Waals surface area contributed by atoms with Crippen LogP contribution in [0.3, 0.4) is 0 Å². The standard InChI is InChI=1S/C24H24N4O5S/c1-14-9-21(26-23(29)16-11-19(31-3)22(33-5)20(12-16)32-4)28(27-14)24-25-18(13-34-24)15-7-6-8-17(10-15)30-2/h6-13H,1-5H3,(H,26,29). The van der Waals surface area contributed by atoms with Crippen LogP contribution in [-0.4, -0.2) is 49.1 Å². The highest BCUT2D eigenvalue weighted by Gasteiger charge is 2.20. The molecule has 0 aliphatic heterocycles. The zero-order chi connectivity index (χ0) is 24.2. The molecule has 176 valence electrons. The molecule has 2 aromatic carbocycles. The Labute approximate surface area is 200 Å². The zero-order valence-corrected chi connectivity index (χ0v) is 20.2. The summed E-state index contributed by atoms with van der Waals surface area (Å²) >= 11 is 1.42. The summed E-state index contributed by atoms with van der Waals surface area (Å²) in [5.41, 5.74) is 2.79. The monoisotopic (exact) mass is 480 g/mol. The zero-order valence-electron chi connectivity index (χ0n) is 19.4. The van der Waals surface area contributed by atoms with Gasteiger partial charge in [0.2, 0.25) is 10.9 Å². The van der Waals surface area contributed by atoms with Gasteiger partial charge in [-0.25, -0.2) is 4.98 Å². The van der Waals surface area contributed by atoms with Gasteiger partial charge >= 0.3 is 0 Å². The Balaban J connectivity index is 1.64. The molecular formula is C24H24N4O5S. The van der Waals surface area contributed by atoms with Crippen LogP contribution in [0.4, 0.5) is 5.82 Å². The summed E-state index contributed by atoms with van der Waals surface area (Å²) in [5.74, 6) is 2.07. The SMILES string of the molecule is COc1cccc(-c2csc(-n3nc(C)cc3NC(=O)c3cc(OC)c(OC)c(OC)c3)n2)c1. The van der Waals surface area contributed by atoms with E-state index in [1.807, 2.05) is 36.6 Å². The fourth-order valence-electron chi connectivity index (χ4n) is 3.41. The number of anilines is 1. The first-order valence-electron chi connectivity index (χ1n) is 10.3. The molecule has 9 nitrogen and oxygen atoms in total. The highest BCUT2D eigenvalue weighted by molar-refractivity contribution is 7.12. The first-order chi connectivity index (χ1) is 16.5. The van der Waals surface area contributed by atoms with Crippen LogP contribution in [-0.2, 0) is 0 Å². The van der Waals surface area contributed by atoms with Crippen molar-refractivity contribution >= 4 is 23.1 Å². The summed E-state index contributed by atoms with van der Waals surface area (Å²) < 4.78 is 23.0. The number of ether oxygens (including phenoxy) is 4. The lowest BCUT2D eigenvalue weighted by Crippen LogP contribution is -2.15. The van der Waals surface area contributed by atoms with Crippen LogP contribution < -0.4 is 24.3 Å². The lowest BCUT2D eigenvalue weighted by molar-refractivity contribution is 0.102. The van der Waals surface area contributed by atoms with Crippen molar-refractivity contribution in [1.82, 2.24) is 14.8 Å². The van der Waals surface area contributed by atoms with Gasteiger partial charge in [0.1, 0.15) is 11.6 Å². The normalized spacial score (nSPS) is 10.6. The molecule has 0 aliphatic carbocycles. The van der Waals surface area contributed by atoms with Gasteiger partial charge in [0.05, 0.1) is 39.8 Å². The number of amides is 1. The van der Waals surface area contributed by atoms with Gasteiger partial charge in [-0.3, -0.25) is 4.79 Å². The predicted molar refractivity (Wildman–Crippen MR) is 130 cm³/mol. The van der Waals surface area contributed by atoms with Gasteiger partial charge < -0.3 is 24.3 Å². The summed E-state index contributed by atoms with van der Waals surface area (Å²) in [5, 5.41) is 9.98. The van der Waals surface area contributed by atoms with Crippen molar-refractivity contribution in [3.8, 4) is 39.4 Å². The third-order valence-corrected chi connectivity index (χ3v) is 5.85. The van der Waals surface area contributed by atoms with Crippen molar-refractivity contribution in [1.29, 1.82) is 0 Å². The average molecular weight is 481 g/mol. The molecule has 0 aliphatic rings. The number of methoxy groups -OCH3 is 4. The summed E-state index contributed by atoms with van der Waals surface area (Å²) in [6, 6.07) is 12.6. The van der Waals surface area contributed by atoms with E-state index in [9.17, 15) is 4.79 Å². The number of carbonyl (C=O) groups is 1. The first-order valence-corrected chi connectivity index (χ1v) is 11.1. The van der Waals surface area contributed by atoms with Crippen LogP contribution in [0.1, 0.15) is 16.1 Å². The molecule has 4 aromatic rings. The van der Waals surface area contributed by atoms with E-state index in [1.54, 1.807) is 30.0 Å². The van der Waals surface area contributed by atoms with E-state index >= 15 is 0 Å². The van der Waals surface area contributed by atoms with Gasteiger partial charge in [-0.2, -0.15) is 9.78 Å². The van der Waals surface area contributed by atoms with Crippen molar-refractivity contribution in [2.24, 2.45) is 0 Å². The van der Waals surface area contributed by atoms with Gasteiger partial charge in [0.15, 0.2) is 11.5 Å². The van der Waals surface area contributed by atoms with Gasteiger partial charge in [-0.15, -0.1) is 11.3 Å². The minimum Gasteiger partial charge on any atom is -0.497 e. The molecule has 2 heterocycles. The number of carbonyl (C=O) groups excluding carboxylic acids is 1. The largest absolute Gasteiger partial charge is 0.497 e. The number of rotatable bonds is 8. The highest BCUT2D eigenvalue weighted by atomic mass is 32.1. The summed E-state index contributed by atoms with van der Waals surface area (Å²) in [6.45, 7) is 1.85. The van der Waals surface area contributed by atoms with Crippen LogP contribution in [0, 0.1) is 6.92 Å². The number of aryl methyl sites for hydroxylation is 1. The lowest BCUT2D eigenvalue weighted by Gasteiger charge is -2.14. The Hall–Kier alpha value is -4.05. The van der Waals surface area contributed by atoms with E-state index in [4.69, 9.17) is 23.9 Å². The van der Waals surface area contributed by atoms with Crippen LogP contribution in [0.5, 0.6) is 23.0 Å². The Kier molecular flexibility index (Phi) is 6.69. The Morgan fingerprint density at radius 3 is 2.35 bits per heavy atom. The minimum atomic E-state index is -0.357. The van der Waals surface area contributed by atoms with Gasteiger partial charge in [-0.05, 0) is 31.2 Å². The lowest BCUT2D eigenvalue weighted by atomic mass is 10.1. The molecule has 0 unspecified atom stereocenters. The number of hydrogen-bond acceptors (Lipinski definition) is 8. The first kappa shape index (κ1) is 23.1. The van der Waals surface area contributed by atoms with Gasteiger partial charge in [0, 0.05) is 22.6 Å². The molecule has 34 heavy (non-hydrogen) atoms. The number of nitrogens with one attached hydrogen (secondary N) is 1. The molecule has 0 atom stereocenters. The van der Waals surface area contributed by atoms with E-state index in [1.165, 1.54) is 32.7 Å². The van der Waals surface area contributed by atoms with Crippen LogP contribution in [0.2, 0.25) is 0 Å². The number of nitrogens with zero attached hydrogens (tertiary/aromatic N) is 3. The van der Waals surface area contributed by atoms with Crippen LogP contribution >= 0.6 is 11.3 Å². The van der Waals surface area contributed by atoms with Crippen molar-refractivity contribution in [3.05, 3.63) is 59.1 Å². The molecule has 2 aromatic heterocycles. The number of thiazole rings is 1. The maximum atomic E-state index is 13.1. The van der Waals surface area contributed by atoms with Gasteiger partial charge in [0.25, 0.3) is 5.91 Å². The van der Waals surface area contributed by atoms with E-state index < -0.39 is 0 Å². The third-order valence-electron chi connectivity index (χ3n) is 5.04. The quantitative estimate of drug-likeness (QED) is 0.394. The molecular weight excluding hydrogens is 456 g/mol. The number of aromatic nitrogens is 3. The second kappa shape index (κ2) is 9.84. The fourth-order valence-corrected chi connectivity index (χ4v) is 4.21. The second-order valence-corrected chi connectivity index (χ2v) is 8.03. The van der Waals surface area contributed by atoms with Crippen LogP contribution in [0.15, 0.2) is 47.8 Å². The van der Waals surface area contributed by atoms with Crippen LogP contribution in [0.25, 0.3) is 16.4 Å². The summed E-state index contributed by atoms with van der Waals surface area (Å²) in [6.07, 6.45) is 0.